The van der Waals surface area contributed by atoms with Gasteiger partial charge in [0, 0.05) is 11.7 Å². The van der Waals surface area contributed by atoms with Crippen molar-refractivity contribution >= 4 is 11.7 Å². The highest BCUT2D eigenvalue weighted by molar-refractivity contribution is 5.89. The van der Waals surface area contributed by atoms with E-state index >= 15 is 0 Å². The van der Waals surface area contributed by atoms with Gasteiger partial charge in [-0.05, 0) is 44.0 Å². The van der Waals surface area contributed by atoms with Gasteiger partial charge in [0.2, 0.25) is 0 Å². The maximum atomic E-state index is 12.9. The second kappa shape index (κ2) is 5.11. The van der Waals surface area contributed by atoms with Crippen LogP contribution >= 0.6 is 0 Å². The molecule has 0 aliphatic heterocycles. The van der Waals surface area contributed by atoms with Crippen molar-refractivity contribution in [1.82, 2.24) is 0 Å². The quantitative estimate of drug-likeness (QED) is 0.622. The molecule has 1 aliphatic rings. The van der Waals surface area contributed by atoms with E-state index in [1.165, 1.54) is 24.3 Å². The van der Waals surface area contributed by atoms with Gasteiger partial charge in [-0.25, -0.2) is 4.79 Å². The summed E-state index contributed by atoms with van der Waals surface area (Å²) in [6.07, 6.45) is -3.31. The number of nitrogens with zero attached hydrogens (tertiary/aromatic N) is 1. The molecule has 0 bridgehead atoms. The molecule has 3 nitrogen and oxygen atoms in total. The summed E-state index contributed by atoms with van der Waals surface area (Å²) < 4.78 is 43.5. The number of benzene rings is 1. The number of rotatable bonds is 4. The number of carbonyl (C=O) groups excluding carboxylic acids is 1. The van der Waals surface area contributed by atoms with E-state index in [9.17, 15) is 18.0 Å². The van der Waals surface area contributed by atoms with E-state index < -0.39 is 18.3 Å². The summed E-state index contributed by atoms with van der Waals surface area (Å²) in [6, 6.07) is 4.84. The topological polar surface area (TPSA) is 29.5 Å². The number of halogens is 3. The van der Waals surface area contributed by atoms with Crippen molar-refractivity contribution in [3.8, 4) is 0 Å². The maximum Gasteiger partial charge on any atom is 0.485 e. The average Bonchev–Trinajstić information content (AvgIpc) is 3.13. The summed E-state index contributed by atoms with van der Waals surface area (Å²) in [6.45, 7) is 1.90. The fourth-order valence-electron chi connectivity index (χ4n) is 1.87. The van der Waals surface area contributed by atoms with Crippen LogP contribution in [0.2, 0.25) is 0 Å². The Morgan fingerprint density at radius 1 is 1.32 bits per heavy atom. The Bertz CT molecular complexity index is 452. The zero-order valence-electron chi connectivity index (χ0n) is 10.4. The third-order valence-electron chi connectivity index (χ3n) is 2.84. The molecule has 1 aromatic carbocycles. The predicted molar refractivity (Wildman–Crippen MR) is 64.0 cm³/mol. The molecular formula is C13H14F3NO2. The molecule has 1 aliphatic carbocycles. The summed E-state index contributed by atoms with van der Waals surface area (Å²) >= 11 is 0. The van der Waals surface area contributed by atoms with E-state index in [0.717, 1.165) is 0 Å². The molecule has 0 saturated heterocycles. The largest absolute Gasteiger partial charge is 0.485 e. The van der Waals surface area contributed by atoms with Crippen LogP contribution in [0.3, 0.4) is 0 Å². The zero-order chi connectivity index (χ0) is 14.0. The second-order valence-electron chi connectivity index (χ2n) is 4.34. The third-order valence-corrected chi connectivity index (χ3v) is 2.84. The molecule has 0 amide bonds. The summed E-state index contributed by atoms with van der Waals surface area (Å²) in [4.78, 5) is 11.9. The van der Waals surface area contributed by atoms with E-state index in [-0.39, 0.29) is 17.9 Å². The standard InChI is InChI=1S/C13H14F3NO2/c1-2-19-12(18)9-3-5-10(6-4-9)17(11-7-8-11)13(14,15)16/h3-6,11H,2,7-8H2,1H3. The van der Waals surface area contributed by atoms with E-state index in [2.05, 4.69) is 0 Å². The Morgan fingerprint density at radius 2 is 1.89 bits per heavy atom. The van der Waals surface area contributed by atoms with Crippen LogP contribution in [0.25, 0.3) is 0 Å². The lowest BCUT2D eigenvalue weighted by Gasteiger charge is -2.27. The molecule has 1 saturated carbocycles. The van der Waals surface area contributed by atoms with Crippen molar-refractivity contribution in [2.24, 2.45) is 0 Å². The highest BCUT2D eigenvalue weighted by Crippen LogP contribution is 2.39. The molecule has 1 aromatic rings. The van der Waals surface area contributed by atoms with E-state index in [0.29, 0.717) is 17.7 Å². The zero-order valence-corrected chi connectivity index (χ0v) is 10.4. The number of hydrogen-bond donors (Lipinski definition) is 0. The molecule has 0 unspecified atom stereocenters. The maximum absolute atomic E-state index is 12.9. The Hall–Kier alpha value is -1.72. The number of esters is 1. The third kappa shape index (κ3) is 3.19. The molecule has 2 rings (SSSR count). The predicted octanol–water partition coefficient (Wildman–Crippen LogP) is 3.35. The highest BCUT2D eigenvalue weighted by atomic mass is 19.4. The number of anilines is 1. The van der Waals surface area contributed by atoms with Gasteiger partial charge in [-0.15, -0.1) is 0 Å². The summed E-state index contributed by atoms with van der Waals surface area (Å²) in [7, 11) is 0. The second-order valence-corrected chi connectivity index (χ2v) is 4.34. The summed E-state index contributed by atoms with van der Waals surface area (Å²) in [5.74, 6) is -0.529. The van der Waals surface area contributed by atoms with Crippen molar-refractivity contribution in [2.75, 3.05) is 11.5 Å². The van der Waals surface area contributed by atoms with Crippen LogP contribution < -0.4 is 4.90 Å². The van der Waals surface area contributed by atoms with Crippen LogP contribution in [0.15, 0.2) is 24.3 Å². The van der Waals surface area contributed by atoms with Crippen LogP contribution in [0.4, 0.5) is 18.9 Å². The van der Waals surface area contributed by atoms with Gasteiger partial charge < -0.3 is 4.74 Å². The minimum atomic E-state index is -4.40. The molecule has 19 heavy (non-hydrogen) atoms. The lowest BCUT2D eigenvalue weighted by Crippen LogP contribution is -2.39. The molecular weight excluding hydrogens is 259 g/mol. The van der Waals surface area contributed by atoms with E-state index in [1.807, 2.05) is 0 Å². The summed E-state index contributed by atoms with van der Waals surface area (Å²) in [5, 5.41) is 0. The van der Waals surface area contributed by atoms with E-state index in [4.69, 9.17) is 4.74 Å². The average molecular weight is 273 g/mol. The fraction of sp³-hybridized carbons (Fsp3) is 0.462. The molecule has 0 atom stereocenters. The fourth-order valence-corrected chi connectivity index (χ4v) is 1.87. The van der Waals surface area contributed by atoms with Gasteiger partial charge in [-0.2, -0.15) is 13.2 Å². The normalized spacial score (nSPS) is 15.2. The first kappa shape index (κ1) is 13.7. The summed E-state index contributed by atoms with van der Waals surface area (Å²) in [5.41, 5.74) is 0.312. The lowest BCUT2D eigenvalue weighted by molar-refractivity contribution is -0.130. The minimum absolute atomic E-state index is 0.0584. The van der Waals surface area contributed by atoms with Crippen LogP contribution in [-0.4, -0.2) is 24.9 Å². The van der Waals surface area contributed by atoms with Gasteiger partial charge in [0.15, 0.2) is 0 Å². The number of hydrogen-bond acceptors (Lipinski definition) is 3. The Morgan fingerprint density at radius 3 is 2.32 bits per heavy atom. The van der Waals surface area contributed by atoms with Crippen LogP contribution in [0.1, 0.15) is 30.1 Å². The van der Waals surface area contributed by atoms with E-state index in [1.54, 1.807) is 6.92 Å². The van der Waals surface area contributed by atoms with Crippen molar-refractivity contribution in [3.05, 3.63) is 29.8 Å². The molecule has 1 fully saturated rings. The van der Waals surface area contributed by atoms with Crippen LogP contribution in [0, 0.1) is 0 Å². The highest BCUT2D eigenvalue weighted by Gasteiger charge is 2.46. The van der Waals surface area contributed by atoms with Crippen molar-refractivity contribution in [3.63, 3.8) is 0 Å². The van der Waals surface area contributed by atoms with Gasteiger partial charge in [0.05, 0.1) is 12.2 Å². The number of carbonyl (C=O) groups is 1. The van der Waals surface area contributed by atoms with Crippen molar-refractivity contribution in [2.45, 2.75) is 32.1 Å². The van der Waals surface area contributed by atoms with Crippen molar-refractivity contribution < 1.29 is 22.7 Å². The van der Waals surface area contributed by atoms with Crippen molar-refractivity contribution in [1.29, 1.82) is 0 Å². The molecule has 0 spiro atoms. The SMILES string of the molecule is CCOC(=O)c1ccc(N(C2CC2)C(F)(F)F)cc1. The minimum Gasteiger partial charge on any atom is -0.462 e. The van der Waals surface area contributed by atoms with Gasteiger partial charge in [-0.3, -0.25) is 4.90 Å². The van der Waals surface area contributed by atoms with Gasteiger partial charge in [0.1, 0.15) is 0 Å². The first-order valence-corrected chi connectivity index (χ1v) is 6.06. The Labute approximate surface area is 109 Å². The Balaban J connectivity index is 2.19. The van der Waals surface area contributed by atoms with Gasteiger partial charge in [0.25, 0.3) is 0 Å². The van der Waals surface area contributed by atoms with Gasteiger partial charge >= 0.3 is 12.3 Å². The lowest BCUT2D eigenvalue weighted by atomic mass is 10.2. The number of alkyl halides is 3. The smallest absolute Gasteiger partial charge is 0.462 e. The van der Waals surface area contributed by atoms with Crippen LogP contribution in [-0.2, 0) is 4.74 Å². The molecule has 104 valence electrons. The molecule has 6 heteroatoms. The van der Waals surface area contributed by atoms with Crippen LogP contribution in [0.5, 0.6) is 0 Å². The monoisotopic (exact) mass is 273 g/mol. The number of ether oxygens (including phenoxy) is 1. The molecule has 0 radical (unpaired) electrons. The molecule has 0 heterocycles. The Kier molecular flexibility index (Phi) is 3.68. The first-order chi connectivity index (χ1) is 8.93. The van der Waals surface area contributed by atoms with Gasteiger partial charge in [-0.1, -0.05) is 0 Å². The first-order valence-electron chi connectivity index (χ1n) is 6.06. The molecule has 0 N–H and O–H groups in total. The molecule has 0 aromatic heterocycles.